The third-order valence-corrected chi connectivity index (χ3v) is 2.43. The summed E-state index contributed by atoms with van der Waals surface area (Å²) in [7, 11) is 0. The smallest absolute Gasteiger partial charge is 0.339 e. The summed E-state index contributed by atoms with van der Waals surface area (Å²) < 4.78 is 5.10. The van der Waals surface area contributed by atoms with Crippen LogP contribution in [0.2, 0.25) is 0 Å². The minimum Gasteiger partial charge on any atom is -0.462 e. The van der Waals surface area contributed by atoms with Gasteiger partial charge in [-0.15, -0.1) is 11.6 Å². The number of ether oxygens (including phenoxy) is 1. The minimum absolute atomic E-state index is 0.301. The van der Waals surface area contributed by atoms with E-state index in [2.05, 4.69) is 4.98 Å². The lowest BCUT2D eigenvalue weighted by Crippen LogP contribution is -2.06. The number of alkyl halides is 1. The van der Waals surface area contributed by atoms with Gasteiger partial charge in [0, 0.05) is 18.3 Å². The molecule has 0 saturated heterocycles. The summed E-state index contributed by atoms with van der Waals surface area (Å²) in [6.07, 6.45) is 7.20. The fourth-order valence-electron chi connectivity index (χ4n) is 1.28. The van der Waals surface area contributed by atoms with Crippen molar-refractivity contribution in [3.63, 3.8) is 0 Å². The summed E-state index contributed by atoms with van der Waals surface area (Å²) >= 11 is 5.55. The maximum Gasteiger partial charge on any atom is 0.339 e. The van der Waals surface area contributed by atoms with E-state index in [0.717, 1.165) is 25.7 Å². The van der Waals surface area contributed by atoms with Gasteiger partial charge < -0.3 is 4.74 Å². The lowest BCUT2D eigenvalue weighted by Gasteiger charge is -2.03. The number of carbonyl (C=O) groups excluding carboxylic acids is 1. The number of aromatic nitrogens is 1. The number of halogens is 1. The average molecular weight is 242 g/mol. The molecule has 3 nitrogen and oxygen atoms in total. The number of hydrogen-bond donors (Lipinski definition) is 0. The van der Waals surface area contributed by atoms with Crippen LogP contribution in [0.1, 0.15) is 36.0 Å². The van der Waals surface area contributed by atoms with E-state index in [1.54, 1.807) is 18.3 Å². The predicted molar refractivity (Wildman–Crippen MR) is 63.7 cm³/mol. The molecule has 16 heavy (non-hydrogen) atoms. The molecule has 4 heteroatoms. The Morgan fingerprint density at radius 2 is 2.12 bits per heavy atom. The lowest BCUT2D eigenvalue weighted by atomic mass is 10.2. The van der Waals surface area contributed by atoms with Gasteiger partial charge in [0.2, 0.25) is 0 Å². The summed E-state index contributed by atoms with van der Waals surface area (Å²) in [5, 5.41) is 0. The van der Waals surface area contributed by atoms with E-state index in [1.807, 2.05) is 0 Å². The van der Waals surface area contributed by atoms with Crippen molar-refractivity contribution in [1.82, 2.24) is 4.98 Å². The maximum atomic E-state index is 11.5. The van der Waals surface area contributed by atoms with Gasteiger partial charge in [-0.3, -0.25) is 4.98 Å². The summed E-state index contributed by atoms with van der Waals surface area (Å²) in [5.74, 6) is 0.403. The van der Waals surface area contributed by atoms with E-state index in [9.17, 15) is 4.79 Å². The molecule has 0 aliphatic carbocycles. The molecule has 0 spiro atoms. The summed E-state index contributed by atoms with van der Waals surface area (Å²) in [5.41, 5.74) is 0.503. The van der Waals surface area contributed by atoms with Crippen LogP contribution in [0.25, 0.3) is 0 Å². The number of unbranched alkanes of at least 4 members (excludes halogenated alkanes) is 3. The highest BCUT2D eigenvalue weighted by atomic mass is 35.5. The van der Waals surface area contributed by atoms with E-state index < -0.39 is 0 Å². The van der Waals surface area contributed by atoms with Crippen LogP contribution in [0.5, 0.6) is 0 Å². The molecule has 1 aromatic heterocycles. The molecule has 0 unspecified atom stereocenters. The highest BCUT2D eigenvalue weighted by molar-refractivity contribution is 6.17. The van der Waals surface area contributed by atoms with Gasteiger partial charge in [-0.2, -0.15) is 0 Å². The molecule has 0 saturated carbocycles. The molecule has 0 N–H and O–H groups in total. The Balaban J connectivity index is 2.12. The van der Waals surface area contributed by atoms with Gasteiger partial charge >= 0.3 is 5.97 Å². The fraction of sp³-hybridized carbons (Fsp3) is 0.500. The molecular weight excluding hydrogens is 226 g/mol. The molecule has 0 aliphatic rings. The molecule has 1 rings (SSSR count). The molecule has 1 heterocycles. The Labute approximate surface area is 101 Å². The molecule has 0 bridgehead atoms. The molecule has 0 radical (unpaired) electrons. The number of pyridine rings is 1. The van der Waals surface area contributed by atoms with Crippen LogP contribution in [-0.4, -0.2) is 23.4 Å². The Kier molecular flexibility index (Phi) is 6.58. The third kappa shape index (κ3) is 5.12. The lowest BCUT2D eigenvalue weighted by molar-refractivity contribution is 0.0497. The quantitative estimate of drug-likeness (QED) is 0.418. The zero-order chi connectivity index (χ0) is 11.6. The van der Waals surface area contributed by atoms with Crippen LogP contribution in [0.15, 0.2) is 24.5 Å². The van der Waals surface area contributed by atoms with Crippen LogP contribution in [0.3, 0.4) is 0 Å². The molecule has 0 fully saturated rings. The highest BCUT2D eigenvalue weighted by Gasteiger charge is 2.05. The molecule has 0 aromatic carbocycles. The van der Waals surface area contributed by atoms with Crippen molar-refractivity contribution >= 4 is 17.6 Å². The topological polar surface area (TPSA) is 39.2 Å². The molecule has 0 atom stereocenters. The second-order valence-corrected chi connectivity index (χ2v) is 3.86. The van der Waals surface area contributed by atoms with E-state index in [0.29, 0.717) is 18.1 Å². The van der Waals surface area contributed by atoms with Crippen LogP contribution in [0.4, 0.5) is 0 Å². The standard InChI is InChI=1S/C12H16ClNO2/c13-7-3-1-2-4-9-16-12(15)11-6-5-8-14-10-11/h5-6,8,10H,1-4,7,9H2. The van der Waals surface area contributed by atoms with Crippen LogP contribution in [0, 0.1) is 0 Å². The van der Waals surface area contributed by atoms with E-state index >= 15 is 0 Å². The number of nitrogens with zero attached hydrogens (tertiary/aromatic N) is 1. The van der Waals surface area contributed by atoms with Gasteiger partial charge in [0.05, 0.1) is 12.2 Å². The Bertz CT molecular complexity index is 303. The molecule has 1 aromatic rings. The monoisotopic (exact) mass is 241 g/mol. The Morgan fingerprint density at radius 3 is 2.81 bits per heavy atom. The van der Waals surface area contributed by atoms with Crippen molar-refractivity contribution in [2.75, 3.05) is 12.5 Å². The highest BCUT2D eigenvalue weighted by Crippen LogP contribution is 2.03. The van der Waals surface area contributed by atoms with E-state index in [1.165, 1.54) is 6.20 Å². The van der Waals surface area contributed by atoms with Crippen molar-refractivity contribution in [3.8, 4) is 0 Å². The summed E-state index contributed by atoms with van der Waals surface area (Å²) in [6.45, 7) is 0.468. The van der Waals surface area contributed by atoms with Crippen molar-refractivity contribution in [3.05, 3.63) is 30.1 Å². The zero-order valence-electron chi connectivity index (χ0n) is 9.19. The third-order valence-electron chi connectivity index (χ3n) is 2.16. The fourth-order valence-corrected chi connectivity index (χ4v) is 1.47. The van der Waals surface area contributed by atoms with E-state index in [4.69, 9.17) is 16.3 Å². The molecular formula is C12H16ClNO2. The first kappa shape index (κ1) is 13.0. The molecule has 88 valence electrons. The Morgan fingerprint density at radius 1 is 1.31 bits per heavy atom. The normalized spacial score (nSPS) is 10.1. The second-order valence-electron chi connectivity index (χ2n) is 3.48. The first-order valence-corrected chi connectivity index (χ1v) is 6.01. The number of esters is 1. The van der Waals surface area contributed by atoms with Crippen molar-refractivity contribution in [1.29, 1.82) is 0 Å². The van der Waals surface area contributed by atoms with Gasteiger partial charge in [-0.1, -0.05) is 12.8 Å². The first-order valence-electron chi connectivity index (χ1n) is 5.47. The second kappa shape index (κ2) is 8.11. The average Bonchev–Trinajstić information content (AvgIpc) is 2.34. The molecule has 0 amide bonds. The zero-order valence-corrected chi connectivity index (χ0v) is 9.95. The van der Waals surface area contributed by atoms with Crippen molar-refractivity contribution in [2.45, 2.75) is 25.7 Å². The van der Waals surface area contributed by atoms with E-state index in [-0.39, 0.29) is 5.97 Å². The summed E-state index contributed by atoms with van der Waals surface area (Å²) in [6, 6.07) is 3.42. The van der Waals surface area contributed by atoms with Gasteiger partial charge in [0.25, 0.3) is 0 Å². The predicted octanol–water partition coefficient (Wildman–Crippen LogP) is 3.04. The first-order chi connectivity index (χ1) is 7.84. The van der Waals surface area contributed by atoms with Gasteiger partial charge in [0.1, 0.15) is 0 Å². The Hall–Kier alpha value is -1.09. The SMILES string of the molecule is O=C(OCCCCCCCl)c1cccnc1. The minimum atomic E-state index is -0.301. The maximum absolute atomic E-state index is 11.5. The number of hydrogen-bond acceptors (Lipinski definition) is 3. The molecule has 0 aliphatic heterocycles. The van der Waals surface area contributed by atoms with Crippen molar-refractivity contribution < 1.29 is 9.53 Å². The van der Waals surface area contributed by atoms with Crippen LogP contribution < -0.4 is 0 Å². The van der Waals surface area contributed by atoms with Gasteiger partial charge in [-0.05, 0) is 25.0 Å². The van der Waals surface area contributed by atoms with Crippen LogP contribution >= 0.6 is 11.6 Å². The summed E-state index contributed by atoms with van der Waals surface area (Å²) in [4.78, 5) is 15.3. The van der Waals surface area contributed by atoms with Gasteiger partial charge in [0.15, 0.2) is 0 Å². The van der Waals surface area contributed by atoms with Crippen LogP contribution in [-0.2, 0) is 4.74 Å². The number of rotatable bonds is 7. The number of carbonyl (C=O) groups is 1. The van der Waals surface area contributed by atoms with Crippen molar-refractivity contribution in [2.24, 2.45) is 0 Å². The van der Waals surface area contributed by atoms with Gasteiger partial charge in [-0.25, -0.2) is 4.79 Å². The largest absolute Gasteiger partial charge is 0.462 e.